The van der Waals surface area contributed by atoms with Crippen LogP contribution >= 0.6 is 0 Å². The molecule has 4 atom stereocenters. The molecule has 0 amide bonds. The van der Waals surface area contributed by atoms with Gasteiger partial charge in [0.25, 0.3) is 0 Å². The third-order valence-electron chi connectivity index (χ3n) is 3.96. The van der Waals surface area contributed by atoms with E-state index in [0.717, 1.165) is 6.42 Å². The maximum absolute atomic E-state index is 11.6. The highest BCUT2D eigenvalue weighted by atomic mass is 16.6. The first kappa shape index (κ1) is 21.9. The predicted molar refractivity (Wildman–Crippen MR) is 87.1 cm³/mol. The third-order valence-corrected chi connectivity index (χ3v) is 3.96. The fourth-order valence-electron chi connectivity index (χ4n) is 1.82. The number of ether oxygens (including phenoxy) is 4. The fraction of sp³-hybridized carbons (Fsp3) is 0.882. The van der Waals surface area contributed by atoms with Gasteiger partial charge in [0.2, 0.25) is 0 Å². The first-order valence-electron chi connectivity index (χ1n) is 8.26. The van der Waals surface area contributed by atoms with Crippen molar-refractivity contribution in [1.29, 1.82) is 0 Å². The van der Waals surface area contributed by atoms with Crippen molar-refractivity contribution >= 4 is 11.9 Å². The van der Waals surface area contributed by atoms with E-state index in [1.54, 1.807) is 14.2 Å². The Labute approximate surface area is 139 Å². The highest BCUT2D eigenvalue weighted by molar-refractivity contribution is 5.70. The standard InChI is InChI=1S/C17H32O6/c1-12(20-5)14(3)22-16(18)10-8-7-9-11-17(19)23-15(4)13(2)21-6/h12-15H,7-11H2,1-6H3. The van der Waals surface area contributed by atoms with Gasteiger partial charge < -0.3 is 18.9 Å². The topological polar surface area (TPSA) is 71.1 Å². The summed E-state index contributed by atoms with van der Waals surface area (Å²) in [5, 5.41) is 0. The number of carbonyl (C=O) groups is 2. The highest BCUT2D eigenvalue weighted by Crippen LogP contribution is 2.10. The molecule has 0 aromatic carbocycles. The van der Waals surface area contributed by atoms with E-state index in [1.165, 1.54) is 0 Å². The van der Waals surface area contributed by atoms with E-state index < -0.39 is 0 Å². The molecule has 6 nitrogen and oxygen atoms in total. The third kappa shape index (κ3) is 10.3. The lowest BCUT2D eigenvalue weighted by molar-refractivity contribution is -0.154. The van der Waals surface area contributed by atoms with Gasteiger partial charge in [0.1, 0.15) is 12.2 Å². The monoisotopic (exact) mass is 332 g/mol. The summed E-state index contributed by atoms with van der Waals surface area (Å²) >= 11 is 0. The van der Waals surface area contributed by atoms with Crippen molar-refractivity contribution in [2.24, 2.45) is 0 Å². The van der Waals surface area contributed by atoms with Crippen LogP contribution in [0.15, 0.2) is 0 Å². The summed E-state index contributed by atoms with van der Waals surface area (Å²) < 4.78 is 20.7. The average Bonchev–Trinajstić information content (AvgIpc) is 2.52. The van der Waals surface area contributed by atoms with Gasteiger partial charge in [0.15, 0.2) is 0 Å². The molecule has 4 unspecified atom stereocenters. The van der Waals surface area contributed by atoms with Gasteiger partial charge in [0, 0.05) is 27.1 Å². The first-order chi connectivity index (χ1) is 10.8. The van der Waals surface area contributed by atoms with Crippen LogP contribution in [0.4, 0.5) is 0 Å². The summed E-state index contributed by atoms with van der Waals surface area (Å²) in [7, 11) is 3.17. The van der Waals surface area contributed by atoms with E-state index in [0.29, 0.717) is 25.7 Å². The molecule has 0 saturated carbocycles. The van der Waals surface area contributed by atoms with E-state index in [-0.39, 0.29) is 36.4 Å². The Morgan fingerprint density at radius 3 is 1.30 bits per heavy atom. The number of hydrogen-bond acceptors (Lipinski definition) is 6. The zero-order valence-electron chi connectivity index (χ0n) is 15.3. The molecule has 0 heterocycles. The molecule has 6 heteroatoms. The van der Waals surface area contributed by atoms with Crippen LogP contribution in [-0.4, -0.2) is 50.6 Å². The Morgan fingerprint density at radius 1 is 0.652 bits per heavy atom. The molecule has 0 rings (SSSR count). The van der Waals surface area contributed by atoms with E-state index >= 15 is 0 Å². The van der Waals surface area contributed by atoms with E-state index in [4.69, 9.17) is 18.9 Å². The van der Waals surface area contributed by atoms with Crippen LogP contribution in [0.5, 0.6) is 0 Å². The molecule has 0 spiro atoms. The minimum Gasteiger partial charge on any atom is -0.460 e. The Balaban J connectivity index is 3.72. The van der Waals surface area contributed by atoms with Crippen molar-refractivity contribution in [2.75, 3.05) is 14.2 Å². The number of carbonyl (C=O) groups excluding carboxylic acids is 2. The van der Waals surface area contributed by atoms with Crippen LogP contribution in [0, 0.1) is 0 Å². The average molecular weight is 332 g/mol. The maximum Gasteiger partial charge on any atom is 0.306 e. The van der Waals surface area contributed by atoms with Crippen LogP contribution in [0.25, 0.3) is 0 Å². The minimum atomic E-state index is -0.258. The summed E-state index contributed by atoms with van der Waals surface area (Å²) in [5.74, 6) is -0.460. The van der Waals surface area contributed by atoms with Crippen molar-refractivity contribution in [3.05, 3.63) is 0 Å². The quantitative estimate of drug-likeness (QED) is 0.404. The smallest absolute Gasteiger partial charge is 0.306 e. The SMILES string of the molecule is COC(C)C(C)OC(=O)CCCCCC(=O)OC(C)C(C)OC. The molecular formula is C17H32O6. The maximum atomic E-state index is 11.6. The molecule has 0 aliphatic rings. The van der Waals surface area contributed by atoms with Gasteiger partial charge in [-0.05, 0) is 40.5 Å². The second-order valence-corrected chi connectivity index (χ2v) is 5.83. The van der Waals surface area contributed by atoms with Crippen LogP contribution < -0.4 is 0 Å². The fourth-order valence-corrected chi connectivity index (χ4v) is 1.82. The van der Waals surface area contributed by atoms with Gasteiger partial charge in [-0.15, -0.1) is 0 Å². The van der Waals surface area contributed by atoms with Gasteiger partial charge >= 0.3 is 11.9 Å². The Kier molecular flexibility index (Phi) is 11.7. The summed E-state index contributed by atoms with van der Waals surface area (Å²) in [6, 6.07) is 0. The zero-order valence-corrected chi connectivity index (χ0v) is 15.3. The van der Waals surface area contributed by atoms with E-state index in [9.17, 15) is 9.59 Å². The summed E-state index contributed by atoms with van der Waals surface area (Å²) in [5.41, 5.74) is 0. The lowest BCUT2D eigenvalue weighted by Gasteiger charge is -2.19. The second kappa shape index (κ2) is 12.3. The number of hydrogen-bond donors (Lipinski definition) is 0. The summed E-state index contributed by atoms with van der Waals surface area (Å²) in [6.07, 6.45) is 2.13. The van der Waals surface area contributed by atoms with E-state index in [2.05, 4.69) is 0 Å². The molecule has 0 saturated heterocycles. The summed E-state index contributed by atoms with van der Waals surface area (Å²) in [4.78, 5) is 23.3. The highest BCUT2D eigenvalue weighted by Gasteiger charge is 2.17. The van der Waals surface area contributed by atoms with Crippen LogP contribution in [-0.2, 0) is 28.5 Å². The van der Waals surface area contributed by atoms with Crippen molar-refractivity contribution < 1.29 is 28.5 Å². The van der Waals surface area contributed by atoms with Crippen LogP contribution in [0.3, 0.4) is 0 Å². The molecular weight excluding hydrogens is 300 g/mol. The zero-order chi connectivity index (χ0) is 17.8. The minimum absolute atomic E-state index is 0.120. The number of rotatable bonds is 12. The van der Waals surface area contributed by atoms with Gasteiger partial charge in [-0.25, -0.2) is 0 Å². The second-order valence-electron chi connectivity index (χ2n) is 5.83. The molecule has 0 fully saturated rings. The molecule has 0 bridgehead atoms. The molecule has 0 aliphatic carbocycles. The lowest BCUT2D eigenvalue weighted by atomic mass is 10.1. The Morgan fingerprint density at radius 2 is 1.00 bits per heavy atom. The molecule has 0 aromatic rings. The van der Waals surface area contributed by atoms with Gasteiger partial charge in [0.05, 0.1) is 12.2 Å². The number of unbranched alkanes of at least 4 members (excludes halogenated alkanes) is 2. The molecule has 0 aromatic heterocycles. The van der Waals surface area contributed by atoms with Crippen molar-refractivity contribution in [1.82, 2.24) is 0 Å². The van der Waals surface area contributed by atoms with Crippen LogP contribution in [0.2, 0.25) is 0 Å². The van der Waals surface area contributed by atoms with E-state index in [1.807, 2.05) is 27.7 Å². The molecule has 0 N–H and O–H groups in total. The normalized spacial score (nSPS) is 16.3. The number of esters is 2. The van der Waals surface area contributed by atoms with Crippen LogP contribution in [0.1, 0.15) is 59.8 Å². The van der Waals surface area contributed by atoms with Gasteiger partial charge in [-0.2, -0.15) is 0 Å². The Bertz CT molecular complexity index is 312. The van der Waals surface area contributed by atoms with Crippen molar-refractivity contribution in [2.45, 2.75) is 84.2 Å². The largest absolute Gasteiger partial charge is 0.460 e. The molecule has 23 heavy (non-hydrogen) atoms. The number of methoxy groups -OCH3 is 2. The lowest BCUT2D eigenvalue weighted by Crippen LogP contribution is -2.27. The van der Waals surface area contributed by atoms with Gasteiger partial charge in [-0.3, -0.25) is 9.59 Å². The molecule has 136 valence electrons. The first-order valence-corrected chi connectivity index (χ1v) is 8.26. The van der Waals surface area contributed by atoms with Crippen molar-refractivity contribution in [3.63, 3.8) is 0 Å². The van der Waals surface area contributed by atoms with Gasteiger partial charge in [-0.1, -0.05) is 6.42 Å². The molecule has 0 aliphatic heterocycles. The molecule has 0 radical (unpaired) electrons. The van der Waals surface area contributed by atoms with Crippen molar-refractivity contribution in [3.8, 4) is 0 Å². The summed E-state index contributed by atoms with van der Waals surface area (Å²) in [6.45, 7) is 7.33. The Hall–Kier alpha value is -1.14. The predicted octanol–water partition coefficient (Wildman–Crippen LogP) is 2.87.